The molecule has 46 valence electrons. The van der Waals surface area contributed by atoms with Gasteiger partial charge in [0, 0.05) is 5.41 Å². The summed E-state index contributed by atoms with van der Waals surface area (Å²) in [5.74, 6) is 0. The minimum atomic E-state index is 0.111. The highest BCUT2D eigenvalue weighted by atomic mass is 16.3. The van der Waals surface area contributed by atoms with Crippen molar-refractivity contribution in [2.45, 2.75) is 19.8 Å². The summed E-state index contributed by atoms with van der Waals surface area (Å²) in [7, 11) is 0. The Morgan fingerprint density at radius 1 is 1.75 bits per heavy atom. The van der Waals surface area contributed by atoms with Crippen LogP contribution in [-0.2, 0) is 0 Å². The van der Waals surface area contributed by atoms with Crippen LogP contribution >= 0.6 is 0 Å². The van der Waals surface area contributed by atoms with Gasteiger partial charge in [-0.05, 0) is 12.8 Å². The SMILES string of the molecule is C[C@@]1(CO)C=CCC1. The summed E-state index contributed by atoms with van der Waals surface area (Å²) in [6, 6.07) is 0. The van der Waals surface area contributed by atoms with Gasteiger partial charge in [-0.25, -0.2) is 0 Å². The molecule has 0 unspecified atom stereocenters. The van der Waals surface area contributed by atoms with Gasteiger partial charge in [0.15, 0.2) is 0 Å². The van der Waals surface area contributed by atoms with E-state index < -0.39 is 0 Å². The van der Waals surface area contributed by atoms with Crippen LogP contribution in [0.2, 0.25) is 0 Å². The summed E-state index contributed by atoms with van der Waals surface area (Å²) in [5.41, 5.74) is 0.111. The first-order valence-corrected chi connectivity index (χ1v) is 3.05. The lowest BCUT2D eigenvalue weighted by Gasteiger charge is -2.16. The van der Waals surface area contributed by atoms with Crippen LogP contribution in [0.25, 0.3) is 0 Å². The fourth-order valence-corrected chi connectivity index (χ4v) is 0.996. The van der Waals surface area contributed by atoms with Crippen molar-refractivity contribution in [2.75, 3.05) is 6.61 Å². The zero-order chi connectivity index (χ0) is 6.04. The topological polar surface area (TPSA) is 20.2 Å². The summed E-state index contributed by atoms with van der Waals surface area (Å²) in [5, 5.41) is 8.77. The molecule has 1 nitrogen and oxygen atoms in total. The molecule has 0 amide bonds. The van der Waals surface area contributed by atoms with Crippen LogP contribution < -0.4 is 0 Å². The highest BCUT2D eigenvalue weighted by Crippen LogP contribution is 2.29. The maximum atomic E-state index is 8.77. The first-order valence-electron chi connectivity index (χ1n) is 3.05. The first kappa shape index (κ1) is 5.83. The van der Waals surface area contributed by atoms with Crippen LogP contribution in [-0.4, -0.2) is 11.7 Å². The van der Waals surface area contributed by atoms with Crippen molar-refractivity contribution in [1.29, 1.82) is 0 Å². The van der Waals surface area contributed by atoms with Crippen molar-refractivity contribution in [2.24, 2.45) is 5.41 Å². The van der Waals surface area contributed by atoms with Crippen LogP contribution in [0.15, 0.2) is 12.2 Å². The third-order valence-electron chi connectivity index (χ3n) is 1.76. The van der Waals surface area contributed by atoms with Crippen LogP contribution in [0, 0.1) is 5.41 Å². The first-order chi connectivity index (χ1) is 3.77. The van der Waals surface area contributed by atoms with Gasteiger partial charge in [-0.1, -0.05) is 19.1 Å². The van der Waals surface area contributed by atoms with Gasteiger partial charge in [0.1, 0.15) is 0 Å². The van der Waals surface area contributed by atoms with Crippen LogP contribution in [0.5, 0.6) is 0 Å². The summed E-state index contributed by atoms with van der Waals surface area (Å²) < 4.78 is 0. The second-order valence-corrected chi connectivity index (χ2v) is 2.75. The largest absolute Gasteiger partial charge is 0.395 e. The molecule has 1 rings (SSSR count). The van der Waals surface area contributed by atoms with Gasteiger partial charge in [0.05, 0.1) is 6.61 Å². The molecule has 8 heavy (non-hydrogen) atoms. The van der Waals surface area contributed by atoms with Crippen molar-refractivity contribution >= 4 is 0 Å². The summed E-state index contributed by atoms with van der Waals surface area (Å²) >= 11 is 0. The van der Waals surface area contributed by atoms with E-state index in [1.807, 2.05) is 0 Å². The molecule has 0 aliphatic heterocycles. The van der Waals surface area contributed by atoms with E-state index in [1.54, 1.807) is 0 Å². The van der Waals surface area contributed by atoms with Gasteiger partial charge in [-0.3, -0.25) is 0 Å². The van der Waals surface area contributed by atoms with Crippen molar-refractivity contribution < 1.29 is 5.11 Å². The number of hydrogen-bond donors (Lipinski definition) is 1. The van der Waals surface area contributed by atoms with Crippen molar-refractivity contribution in [1.82, 2.24) is 0 Å². The quantitative estimate of drug-likeness (QED) is 0.507. The lowest BCUT2D eigenvalue weighted by Crippen LogP contribution is -2.14. The molecule has 0 spiro atoms. The Labute approximate surface area is 50.0 Å². The van der Waals surface area contributed by atoms with E-state index in [1.165, 1.54) is 0 Å². The Bertz CT molecular complexity index is 107. The van der Waals surface area contributed by atoms with Crippen molar-refractivity contribution in [3.05, 3.63) is 12.2 Å². The molecule has 1 aliphatic rings. The Balaban J connectivity index is 2.54. The predicted molar refractivity (Wildman–Crippen MR) is 33.6 cm³/mol. The Hall–Kier alpha value is -0.300. The molecular formula is C7H12O. The molecular weight excluding hydrogens is 100 g/mol. The van der Waals surface area contributed by atoms with E-state index in [2.05, 4.69) is 19.1 Å². The molecule has 0 saturated heterocycles. The number of aliphatic hydroxyl groups is 1. The molecule has 0 aromatic rings. The second kappa shape index (κ2) is 1.90. The van der Waals surface area contributed by atoms with Gasteiger partial charge >= 0.3 is 0 Å². The number of rotatable bonds is 1. The molecule has 0 heterocycles. The van der Waals surface area contributed by atoms with E-state index in [9.17, 15) is 0 Å². The zero-order valence-corrected chi connectivity index (χ0v) is 5.22. The van der Waals surface area contributed by atoms with E-state index >= 15 is 0 Å². The summed E-state index contributed by atoms with van der Waals surface area (Å²) in [4.78, 5) is 0. The van der Waals surface area contributed by atoms with Crippen LogP contribution in [0.4, 0.5) is 0 Å². The van der Waals surface area contributed by atoms with Crippen molar-refractivity contribution in [3.8, 4) is 0 Å². The normalized spacial score (nSPS) is 36.2. The average Bonchev–Trinajstić information content (AvgIpc) is 2.17. The number of aliphatic hydroxyl groups excluding tert-OH is 1. The smallest absolute Gasteiger partial charge is 0.0519 e. The highest BCUT2D eigenvalue weighted by Gasteiger charge is 2.21. The van der Waals surface area contributed by atoms with Crippen LogP contribution in [0.1, 0.15) is 19.8 Å². The van der Waals surface area contributed by atoms with E-state index in [0.717, 1.165) is 12.8 Å². The Morgan fingerprint density at radius 3 is 2.75 bits per heavy atom. The lowest BCUT2D eigenvalue weighted by molar-refractivity contribution is 0.183. The third kappa shape index (κ3) is 0.920. The number of allylic oxidation sites excluding steroid dienone is 1. The standard InChI is InChI=1S/C7H12O/c1-7(6-8)4-2-3-5-7/h2,4,8H,3,5-6H2,1H3/t7-/m1/s1. The maximum absolute atomic E-state index is 8.77. The van der Waals surface area contributed by atoms with Crippen LogP contribution in [0.3, 0.4) is 0 Å². The minimum Gasteiger partial charge on any atom is -0.395 e. The number of hydrogen-bond acceptors (Lipinski definition) is 1. The van der Waals surface area contributed by atoms with E-state index in [-0.39, 0.29) is 5.41 Å². The monoisotopic (exact) mass is 112 g/mol. The molecule has 0 radical (unpaired) electrons. The maximum Gasteiger partial charge on any atom is 0.0519 e. The molecule has 1 atom stereocenters. The Morgan fingerprint density at radius 2 is 2.50 bits per heavy atom. The predicted octanol–water partition coefficient (Wildman–Crippen LogP) is 1.33. The Kier molecular flexibility index (Phi) is 1.39. The molecule has 0 aromatic heterocycles. The molecule has 0 bridgehead atoms. The summed E-state index contributed by atoms with van der Waals surface area (Å²) in [6.45, 7) is 2.38. The van der Waals surface area contributed by atoms with E-state index in [0.29, 0.717) is 6.61 Å². The fourth-order valence-electron chi connectivity index (χ4n) is 0.996. The van der Waals surface area contributed by atoms with Gasteiger partial charge < -0.3 is 5.11 Å². The van der Waals surface area contributed by atoms with Crippen molar-refractivity contribution in [3.63, 3.8) is 0 Å². The molecule has 1 N–H and O–H groups in total. The zero-order valence-electron chi connectivity index (χ0n) is 5.22. The summed E-state index contributed by atoms with van der Waals surface area (Å²) in [6.07, 6.45) is 6.49. The third-order valence-corrected chi connectivity index (χ3v) is 1.76. The highest BCUT2D eigenvalue weighted by molar-refractivity contribution is 5.04. The lowest BCUT2D eigenvalue weighted by atomic mass is 9.92. The molecule has 0 saturated carbocycles. The van der Waals surface area contributed by atoms with E-state index in [4.69, 9.17) is 5.11 Å². The molecule has 0 fully saturated rings. The minimum absolute atomic E-state index is 0.111. The van der Waals surface area contributed by atoms with Gasteiger partial charge in [-0.15, -0.1) is 0 Å². The van der Waals surface area contributed by atoms with Gasteiger partial charge in [-0.2, -0.15) is 0 Å². The van der Waals surface area contributed by atoms with Gasteiger partial charge in [0.2, 0.25) is 0 Å². The fraction of sp³-hybridized carbons (Fsp3) is 0.714. The molecule has 1 heteroatoms. The van der Waals surface area contributed by atoms with Gasteiger partial charge in [0.25, 0.3) is 0 Å². The molecule has 0 aromatic carbocycles. The second-order valence-electron chi connectivity index (χ2n) is 2.75. The average molecular weight is 112 g/mol. The molecule has 1 aliphatic carbocycles.